The number of nitrogens with one attached hydrogen (secondary N) is 2. The third kappa shape index (κ3) is 4.95. The fourth-order valence-electron chi connectivity index (χ4n) is 3.69. The fraction of sp³-hybridized carbons (Fsp3) is 0.364. The minimum absolute atomic E-state index is 0.0288. The zero-order valence-corrected chi connectivity index (χ0v) is 16.0. The molecule has 0 spiro atoms. The molecule has 0 heterocycles. The van der Waals surface area contributed by atoms with E-state index in [4.69, 9.17) is 5.73 Å². The molecule has 0 aromatic heterocycles. The SMILES string of the molecule is CC1(N)CCCCC1C(=O)NCc1cccc(NC(=O)c2cccc(F)c2)c1. The highest BCUT2D eigenvalue weighted by Crippen LogP contribution is 2.31. The summed E-state index contributed by atoms with van der Waals surface area (Å²) in [5.74, 6) is -1.06. The van der Waals surface area contributed by atoms with E-state index >= 15 is 0 Å². The van der Waals surface area contributed by atoms with Crippen molar-refractivity contribution >= 4 is 17.5 Å². The molecule has 28 heavy (non-hydrogen) atoms. The lowest BCUT2D eigenvalue weighted by Crippen LogP contribution is -2.52. The van der Waals surface area contributed by atoms with E-state index in [1.54, 1.807) is 24.3 Å². The van der Waals surface area contributed by atoms with E-state index in [9.17, 15) is 14.0 Å². The Morgan fingerprint density at radius 3 is 2.71 bits per heavy atom. The van der Waals surface area contributed by atoms with Gasteiger partial charge in [-0.15, -0.1) is 0 Å². The highest BCUT2D eigenvalue weighted by Gasteiger charge is 2.37. The minimum atomic E-state index is -0.469. The second-order valence-corrected chi connectivity index (χ2v) is 7.69. The van der Waals surface area contributed by atoms with Crippen LogP contribution >= 0.6 is 0 Å². The quantitative estimate of drug-likeness (QED) is 0.738. The predicted molar refractivity (Wildman–Crippen MR) is 107 cm³/mol. The Hall–Kier alpha value is -2.73. The maximum Gasteiger partial charge on any atom is 0.255 e. The maximum atomic E-state index is 13.3. The Balaban J connectivity index is 1.60. The van der Waals surface area contributed by atoms with Crippen molar-refractivity contribution in [3.8, 4) is 0 Å². The Morgan fingerprint density at radius 1 is 1.18 bits per heavy atom. The van der Waals surface area contributed by atoms with Crippen LogP contribution in [0.1, 0.15) is 48.5 Å². The Kier molecular flexibility index (Phi) is 6.09. The average molecular weight is 383 g/mol. The fourth-order valence-corrected chi connectivity index (χ4v) is 3.69. The van der Waals surface area contributed by atoms with E-state index in [1.165, 1.54) is 18.2 Å². The number of hydrogen-bond acceptors (Lipinski definition) is 3. The van der Waals surface area contributed by atoms with Crippen LogP contribution in [0.3, 0.4) is 0 Å². The molecule has 0 bridgehead atoms. The summed E-state index contributed by atoms with van der Waals surface area (Å²) in [5.41, 5.74) is 7.53. The zero-order chi connectivity index (χ0) is 20.1. The normalized spacial score (nSPS) is 21.8. The second kappa shape index (κ2) is 8.52. The average Bonchev–Trinajstić information content (AvgIpc) is 2.66. The van der Waals surface area contributed by atoms with E-state index in [0.29, 0.717) is 12.2 Å². The number of anilines is 1. The molecular formula is C22H26FN3O2. The van der Waals surface area contributed by atoms with E-state index in [0.717, 1.165) is 31.2 Å². The van der Waals surface area contributed by atoms with Crippen LogP contribution in [0.2, 0.25) is 0 Å². The molecule has 2 amide bonds. The molecule has 148 valence electrons. The second-order valence-electron chi connectivity index (χ2n) is 7.69. The summed E-state index contributed by atoms with van der Waals surface area (Å²) >= 11 is 0. The molecule has 2 unspecified atom stereocenters. The van der Waals surface area contributed by atoms with E-state index < -0.39 is 11.4 Å². The summed E-state index contributed by atoms with van der Waals surface area (Å²) in [6.45, 7) is 2.30. The highest BCUT2D eigenvalue weighted by atomic mass is 19.1. The number of amides is 2. The summed E-state index contributed by atoms with van der Waals surface area (Å²) in [6, 6.07) is 12.7. The number of benzene rings is 2. The van der Waals surface area contributed by atoms with Gasteiger partial charge in [0, 0.05) is 23.3 Å². The van der Waals surface area contributed by atoms with Crippen LogP contribution in [0.4, 0.5) is 10.1 Å². The molecule has 0 saturated heterocycles. The lowest BCUT2D eigenvalue weighted by atomic mass is 9.74. The minimum Gasteiger partial charge on any atom is -0.352 e. The van der Waals surface area contributed by atoms with Crippen LogP contribution in [-0.4, -0.2) is 17.4 Å². The van der Waals surface area contributed by atoms with Crippen molar-refractivity contribution in [3.05, 3.63) is 65.5 Å². The van der Waals surface area contributed by atoms with Crippen LogP contribution in [0.5, 0.6) is 0 Å². The molecule has 0 radical (unpaired) electrons. The first-order valence-corrected chi connectivity index (χ1v) is 9.57. The lowest BCUT2D eigenvalue weighted by Gasteiger charge is -2.37. The third-order valence-corrected chi connectivity index (χ3v) is 5.31. The first-order valence-electron chi connectivity index (χ1n) is 9.57. The van der Waals surface area contributed by atoms with Crippen molar-refractivity contribution in [1.29, 1.82) is 0 Å². The Bertz CT molecular complexity index is 866. The molecule has 2 aromatic carbocycles. The van der Waals surface area contributed by atoms with Gasteiger partial charge in [0.1, 0.15) is 5.82 Å². The van der Waals surface area contributed by atoms with Crippen molar-refractivity contribution in [1.82, 2.24) is 5.32 Å². The van der Waals surface area contributed by atoms with Gasteiger partial charge in [-0.25, -0.2) is 4.39 Å². The van der Waals surface area contributed by atoms with Crippen LogP contribution in [0.15, 0.2) is 48.5 Å². The number of carbonyl (C=O) groups excluding carboxylic acids is 2. The largest absolute Gasteiger partial charge is 0.352 e. The summed E-state index contributed by atoms with van der Waals surface area (Å²) in [4.78, 5) is 24.8. The standard InChI is InChI=1S/C22H26FN3O2/c1-22(24)11-3-2-10-19(22)21(28)25-14-15-6-4-9-18(12-15)26-20(27)16-7-5-8-17(23)13-16/h4-9,12-13,19H,2-3,10-11,14,24H2,1H3,(H,25,28)(H,26,27). The summed E-state index contributed by atoms with van der Waals surface area (Å²) < 4.78 is 13.3. The first-order chi connectivity index (χ1) is 13.3. The van der Waals surface area contributed by atoms with Gasteiger partial charge in [0.15, 0.2) is 0 Å². The van der Waals surface area contributed by atoms with E-state index in [1.807, 2.05) is 13.0 Å². The van der Waals surface area contributed by atoms with E-state index in [-0.39, 0.29) is 23.3 Å². The van der Waals surface area contributed by atoms with Crippen LogP contribution in [0, 0.1) is 11.7 Å². The molecule has 1 aliphatic carbocycles. The third-order valence-electron chi connectivity index (χ3n) is 5.31. The van der Waals surface area contributed by atoms with Crippen LogP contribution < -0.4 is 16.4 Å². The van der Waals surface area contributed by atoms with Gasteiger partial charge in [-0.1, -0.05) is 31.0 Å². The first kappa shape index (κ1) is 20.0. The van der Waals surface area contributed by atoms with Crippen molar-refractivity contribution in [3.63, 3.8) is 0 Å². The molecule has 3 rings (SSSR count). The Morgan fingerprint density at radius 2 is 1.96 bits per heavy atom. The number of carbonyl (C=O) groups is 2. The number of halogens is 1. The number of hydrogen-bond donors (Lipinski definition) is 3. The molecule has 1 saturated carbocycles. The Labute approximate surface area is 164 Å². The topological polar surface area (TPSA) is 84.2 Å². The highest BCUT2D eigenvalue weighted by molar-refractivity contribution is 6.04. The maximum absolute atomic E-state index is 13.3. The molecular weight excluding hydrogens is 357 g/mol. The summed E-state index contributed by atoms with van der Waals surface area (Å²) in [5, 5.41) is 5.71. The van der Waals surface area contributed by atoms with Crippen molar-refractivity contribution in [2.75, 3.05) is 5.32 Å². The van der Waals surface area contributed by atoms with Gasteiger partial charge in [-0.2, -0.15) is 0 Å². The van der Waals surface area contributed by atoms with Gasteiger partial charge in [-0.3, -0.25) is 9.59 Å². The zero-order valence-electron chi connectivity index (χ0n) is 16.0. The summed E-state index contributed by atoms with van der Waals surface area (Å²) in [7, 11) is 0. The van der Waals surface area contributed by atoms with E-state index in [2.05, 4.69) is 10.6 Å². The molecule has 4 N–H and O–H groups in total. The van der Waals surface area contributed by atoms with Gasteiger partial charge < -0.3 is 16.4 Å². The molecule has 6 heteroatoms. The monoisotopic (exact) mass is 383 g/mol. The van der Waals surface area contributed by atoms with Crippen molar-refractivity contribution < 1.29 is 14.0 Å². The molecule has 2 atom stereocenters. The van der Waals surface area contributed by atoms with Gasteiger partial charge >= 0.3 is 0 Å². The lowest BCUT2D eigenvalue weighted by molar-refractivity contribution is -0.128. The van der Waals surface area contributed by atoms with Crippen LogP contribution in [0.25, 0.3) is 0 Å². The molecule has 2 aromatic rings. The number of rotatable bonds is 5. The van der Waals surface area contributed by atoms with Gasteiger partial charge in [0.2, 0.25) is 5.91 Å². The van der Waals surface area contributed by atoms with Gasteiger partial charge in [0.05, 0.1) is 5.92 Å². The van der Waals surface area contributed by atoms with Gasteiger partial charge in [0.25, 0.3) is 5.91 Å². The number of nitrogens with two attached hydrogens (primary N) is 1. The summed E-state index contributed by atoms with van der Waals surface area (Å²) in [6.07, 6.45) is 3.74. The van der Waals surface area contributed by atoms with Gasteiger partial charge in [-0.05, 0) is 55.7 Å². The van der Waals surface area contributed by atoms with Crippen LogP contribution in [-0.2, 0) is 11.3 Å². The van der Waals surface area contributed by atoms with Crippen molar-refractivity contribution in [2.24, 2.45) is 11.7 Å². The molecule has 1 fully saturated rings. The predicted octanol–water partition coefficient (Wildman–Crippen LogP) is 3.60. The smallest absolute Gasteiger partial charge is 0.255 e. The van der Waals surface area contributed by atoms with Crippen molar-refractivity contribution in [2.45, 2.75) is 44.7 Å². The molecule has 1 aliphatic rings. The molecule has 0 aliphatic heterocycles. The molecule has 5 nitrogen and oxygen atoms in total.